The van der Waals surface area contributed by atoms with Gasteiger partial charge in [-0.05, 0) is 42.5 Å². The van der Waals surface area contributed by atoms with E-state index in [4.69, 9.17) is 0 Å². The average molecular weight is 353 g/mol. The molecule has 1 heterocycles. The van der Waals surface area contributed by atoms with Gasteiger partial charge in [-0.15, -0.1) is 0 Å². The molecule has 0 fully saturated rings. The van der Waals surface area contributed by atoms with E-state index in [1.807, 2.05) is 6.07 Å². The number of aliphatic hydroxyl groups is 1. The van der Waals surface area contributed by atoms with Crippen molar-refractivity contribution >= 4 is 11.6 Å². The van der Waals surface area contributed by atoms with Crippen LogP contribution in [0.1, 0.15) is 29.8 Å². The number of nitrogens with zero attached hydrogens (tertiary/aromatic N) is 2. The summed E-state index contributed by atoms with van der Waals surface area (Å²) in [6.07, 6.45) is -0.899. The lowest BCUT2D eigenvalue weighted by atomic mass is 9.97. The molecular formula is C17H18F3N3O2. The molecule has 1 aliphatic carbocycles. The molecule has 134 valence electrons. The largest absolute Gasteiger partial charge is 0.425 e. The van der Waals surface area contributed by atoms with Crippen LogP contribution >= 0.6 is 0 Å². The molecule has 2 N–H and O–H groups in total. The van der Waals surface area contributed by atoms with Gasteiger partial charge in [0.1, 0.15) is 0 Å². The lowest BCUT2D eigenvalue weighted by molar-refractivity contribution is -0.270. The highest BCUT2D eigenvalue weighted by Crippen LogP contribution is 2.41. The smallest absolute Gasteiger partial charge is 0.374 e. The van der Waals surface area contributed by atoms with Crippen LogP contribution in [-0.4, -0.2) is 26.7 Å². The Morgan fingerprint density at radius 3 is 2.68 bits per heavy atom. The average Bonchev–Trinajstić information content (AvgIpc) is 3.13. The molecular weight excluding hydrogens is 335 g/mol. The highest BCUT2D eigenvalue weighted by Gasteiger charge is 2.58. The molecule has 0 radical (unpaired) electrons. The molecule has 25 heavy (non-hydrogen) atoms. The molecule has 1 atom stereocenters. The summed E-state index contributed by atoms with van der Waals surface area (Å²) in [5, 5.41) is 12.7. The summed E-state index contributed by atoms with van der Waals surface area (Å²) in [6.45, 7) is 0. The van der Waals surface area contributed by atoms with Crippen molar-refractivity contribution in [2.75, 3.05) is 5.32 Å². The van der Waals surface area contributed by atoms with Crippen molar-refractivity contribution in [3.05, 3.63) is 47.5 Å². The van der Waals surface area contributed by atoms with Crippen LogP contribution in [0.25, 0.3) is 0 Å². The summed E-state index contributed by atoms with van der Waals surface area (Å²) >= 11 is 0. The fourth-order valence-corrected chi connectivity index (χ4v) is 3.16. The van der Waals surface area contributed by atoms with Gasteiger partial charge in [-0.2, -0.15) is 13.2 Å². The molecule has 5 nitrogen and oxygen atoms in total. The first-order valence-corrected chi connectivity index (χ1v) is 7.89. The first-order valence-electron chi connectivity index (χ1n) is 7.89. The zero-order valence-corrected chi connectivity index (χ0v) is 13.6. The minimum atomic E-state index is -5.04. The predicted octanol–water partition coefficient (Wildman–Crippen LogP) is 2.69. The summed E-state index contributed by atoms with van der Waals surface area (Å²) < 4.78 is 41.4. The van der Waals surface area contributed by atoms with Gasteiger partial charge >= 0.3 is 6.18 Å². The van der Waals surface area contributed by atoms with E-state index < -0.39 is 29.9 Å². The number of imidazole rings is 1. The van der Waals surface area contributed by atoms with E-state index >= 15 is 0 Å². The zero-order valence-electron chi connectivity index (χ0n) is 13.6. The Balaban J connectivity index is 1.81. The number of hydrogen-bond donors (Lipinski definition) is 2. The standard InChI is InChI=1S/C17H18F3N3O2/c1-23-8-7-21-15(23)16(25,17(18,19)20)10-14(24)22-13-6-5-11-3-2-4-12(11)9-13/h5-9,25H,2-4,10H2,1H3,(H,22,24)/t16-/m1/s1. The third kappa shape index (κ3) is 3.26. The highest BCUT2D eigenvalue weighted by molar-refractivity contribution is 5.91. The van der Waals surface area contributed by atoms with E-state index in [9.17, 15) is 23.1 Å². The van der Waals surface area contributed by atoms with Crippen molar-refractivity contribution < 1.29 is 23.1 Å². The lowest BCUT2D eigenvalue weighted by Gasteiger charge is -2.29. The number of benzene rings is 1. The topological polar surface area (TPSA) is 67.1 Å². The molecule has 0 aliphatic heterocycles. The predicted molar refractivity (Wildman–Crippen MR) is 84.9 cm³/mol. The summed E-state index contributed by atoms with van der Waals surface area (Å²) in [6, 6.07) is 5.30. The number of anilines is 1. The Bertz CT molecular complexity index is 801. The van der Waals surface area contributed by atoms with E-state index in [0.29, 0.717) is 5.69 Å². The quantitative estimate of drug-likeness (QED) is 0.888. The van der Waals surface area contributed by atoms with Gasteiger partial charge in [-0.3, -0.25) is 4.79 Å². The minimum Gasteiger partial charge on any atom is -0.374 e. The Morgan fingerprint density at radius 2 is 2.04 bits per heavy atom. The van der Waals surface area contributed by atoms with Crippen LogP contribution in [-0.2, 0) is 30.3 Å². The SMILES string of the molecule is Cn1ccnc1[C@](O)(CC(=O)Nc1ccc2c(c1)CCC2)C(F)(F)F. The summed E-state index contributed by atoms with van der Waals surface area (Å²) in [5.74, 6) is -1.55. The number of hydrogen-bond acceptors (Lipinski definition) is 3. The number of amides is 1. The molecule has 0 saturated heterocycles. The Morgan fingerprint density at radius 1 is 1.32 bits per heavy atom. The lowest BCUT2D eigenvalue weighted by Crippen LogP contribution is -2.46. The van der Waals surface area contributed by atoms with E-state index in [1.165, 1.54) is 18.8 Å². The van der Waals surface area contributed by atoms with Gasteiger partial charge in [0.15, 0.2) is 5.82 Å². The number of carbonyl (C=O) groups is 1. The first-order chi connectivity index (χ1) is 11.7. The number of aromatic nitrogens is 2. The van der Waals surface area contributed by atoms with E-state index in [-0.39, 0.29) is 0 Å². The van der Waals surface area contributed by atoms with Crippen LogP contribution in [0.4, 0.5) is 18.9 Å². The number of nitrogens with one attached hydrogen (secondary N) is 1. The van der Waals surface area contributed by atoms with Crippen molar-refractivity contribution in [2.45, 2.75) is 37.5 Å². The Hall–Kier alpha value is -2.35. The van der Waals surface area contributed by atoms with E-state index in [2.05, 4.69) is 10.3 Å². The number of aryl methyl sites for hydroxylation is 3. The highest BCUT2D eigenvalue weighted by atomic mass is 19.4. The third-order valence-corrected chi connectivity index (χ3v) is 4.46. The molecule has 0 saturated carbocycles. The van der Waals surface area contributed by atoms with Crippen molar-refractivity contribution in [3.63, 3.8) is 0 Å². The second-order valence-electron chi connectivity index (χ2n) is 6.28. The van der Waals surface area contributed by atoms with Gasteiger partial charge in [0.2, 0.25) is 11.5 Å². The van der Waals surface area contributed by atoms with Gasteiger partial charge in [0.25, 0.3) is 0 Å². The van der Waals surface area contributed by atoms with E-state index in [1.54, 1.807) is 12.1 Å². The summed E-state index contributed by atoms with van der Waals surface area (Å²) in [5.41, 5.74) is -0.646. The molecule has 0 spiro atoms. The number of rotatable bonds is 4. The fourth-order valence-electron chi connectivity index (χ4n) is 3.16. The summed E-state index contributed by atoms with van der Waals surface area (Å²) in [7, 11) is 1.33. The van der Waals surface area contributed by atoms with Gasteiger partial charge in [-0.25, -0.2) is 4.98 Å². The van der Waals surface area contributed by atoms with Gasteiger partial charge in [-0.1, -0.05) is 6.07 Å². The molecule has 1 amide bonds. The minimum absolute atomic E-state index is 0.426. The molecule has 0 bridgehead atoms. The maximum absolute atomic E-state index is 13.4. The molecule has 8 heteroatoms. The van der Waals surface area contributed by atoms with Gasteiger partial charge < -0.3 is 15.0 Å². The van der Waals surface area contributed by atoms with Gasteiger partial charge in [0.05, 0.1) is 6.42 Å². The maximum Gasteiger partial charge on any atom is 0.425 e. The Kier molecular flexibility index (Phi) is 4.32. The van der Waals surface area contributed by atoms with Crippen LogP contribution in [0.2, 0.25) is 0 Å². The second kappa shape index (κ2) is 6.18. The van der Waals surface area contributed by atoms with Crippen molar-refractivity contribution in [2.24, 2.45) is 7.05 Å². The van der Waals surface area contributed by atoms with E-state index in [0.717, 1.165) is 35.6 Å². The second-order valence-corrected chi connectivity index (χ2v) is 6.28. The Labute approximate surface area is 142 Å². The van der Waals surface area contributed by atoms with Crippen molar-refractivity contribution in [3.8, 4) is 0 Å². The van der Waals surface area contributed by atoms with Gasteiger partial charge in [0, 0.05) is 25.1 Å². The van der Waals surface area contributed by atoms with Crippen LogP contribution in [0.3, 0.4) is 0 Å². The zero-order chi connectivity index (χ0) is 18.2. The van der Waals surface area contributed by atoms with Crippen molar-refractivity contribution in [1.82, 2.24) is 9.55 Å². The molecule has 1 aliphatic rings. The molecule has 1 aromatic heterocycles. The number of alkyl halides is 3. The molecule has 0 unspecified atom stereocenters. The maximum atomic E-state index is 13.4. The molecule has 1 aromatic carbocycles. The molecule has 3 rings (SSSR count). The van der Waals surface area contributed by atoms with Crippen LogP contribution in [0, 0.1) is 0 Å². The monoisotopic (exact) mass is 353 g/mol. The molecule has 2 aromatic rings. The van der Waals surface area contributed by atoms with Crippen LogP contribution in [0.5, 0.6) is 0 Å². The van der Waals surface area contributed by atoms with Crippen LogP contribution in [0.15, 0.2) is 30.6 Å². The number of carbonyl (C=O) groups excluding carboxylic acids is 1. The number of halogens is 3. The fraction of sp³-hybridized carbons (Fsp3) is 0.412. The third-order valence-electron chi connectivity index (χ3n) is 4.46. The normalized spacial score (nSPS) is 16.4. The number of fused-ring (bicyclic) bond motifs is 1. The first kappa shape index (κ1) is 17.5. The summed E-state index contributed by atoms with van der Waals surface area (Å²) in [4.78, 5) is 15.7. The van der Waals surface area contributed by atoms with Crippen molar-refractivity contribution in [1.29, 1.82) is 0 Å². The van der Waals surface area contributed by atoms with Crippen LogP contribution < -0.4 is 5.32 Å².